The average molecular weight is 509 g/mol. The summed E-state index contributed by atoms with van der Waals surface area (Å²) in [4.78, 5) is 0. The third-order valence-corrected chi connectivity index (χ3v) is 11.2. The van der Waals surface area contributed by atoms with Crippen molar-refractivity contribution in [2.75, 3.05) is 0 Å². The van der Waals surface area contributed by atoms with E-state index >= 15 is 0 Å². The number of benzene rings is 1. The van der Waals surface area contributed by atoms with Crippen LogP contribution in [-0.4, -0.2) is 17.3 Å². The van der Waals surface area contributed by atoms with Crippen LogP contribution in [0.1, 0.15) is 118 Å². The molecule has 2 nitrogen and oxygen atoms in total. The second-order valence-electron chi connectivity index (χ2n) is 13.6. The topological polar surface area (TPSA) is 29.5 Å². The van der Waals surface area contributed by atoms with Gasteiger partial charge in [-0.1, -0.05) is 103 Å². The van der Waals surface area contributed by atoms with Gasteiger partial charge in [0.2, 0.25) is 0 Å². The maximum atomic E-state index is 11.2. The number of hydrogen-bond acceptors (Lipinski definition) is 2. The molecule has 1 N–H and O–H groups in total. The molecule has 3 fully saturated rings. The van der Waals surface area contributed by atoms with Crippen LogP contribution in [0, 0.1) is 40.4 Å². The van der Waals surface area contributed by atoms with E-state index in [-0.39, 0.29) is 6.10 Å². The quantitative estimate of drug-likeness (QED) is 0.280. The van der Waals surface area contributed by atoms with E-state index in [0.29, 0.717) is 28.8 Å². The minimum Gasteiger partial charge on any atom is -0.393 e. The van der Waals surface area contributed by atoms with Gasteiger partial charge in [0.25, 0.3) is 0 Å². The van der Waals surface area contributed by atoms with Gasteiger partial charge in [-0.25, -0.2) is 0 Å². The summed E-state index contributed by atoms with van der Waals surface area (Å²) in [6.07, 6.45) is 16.6. The van der Waals surface area contributed by atoms with Gasteiger partial charge in [-0.3, -0.25) is 0 Å². The Kier molecular flexibility index (Phi) is 9.66. The molecule has 1 aromatic carbocycles. The van der Waals surface area contributed by atoms with Crippen molar-refractivity contribution in [1.82, 2.24) is 0 Å². The maximum absolute atomic E-state index is 11.2. The lowest BCUT2D eigenvalue weighted by Crippen LogP contribution is -2.50. The van der Waals surface area contributed by atoms with Crippen molar-refractivity contribution in [3.05, 3.63) is 47.5 Å². The van der Waals surface area contributed by atoms with Crippen molar-refractivity contribution in [1.29, 1.82) is 0 Å². The zero-order valence-corrected chi connectivity index (χ0v) is 24.8. The molecule has 0 aromatic heterocycles. The Labute approximate surface area is 228 Å². The van der Waals surface area contributed by atoms with E-state index in [1.54, 1.807) is 5.57 Å². The highest BCUT2D eigenvalue weighted by molar-refractivity contribution is 5.26. The van der Waals surface area contributed by atoms with Crippen molar-refractivity contribution < 1.29 is 9.84 Å². The van der Waals surface area contributed by atoms with Crippen molar-refractivity contribution in [2.24, 2.45) is 40.4 Å². The van der Waals surface area contributed by atoms with Crippen LogP contribution in [0.3, 0.4) is 0 Å². The molecule has 8 atom stereocenters. The summed E-state index contributed by atoms with van der Waals surface area (Å²) >= 11 is 0. The molecule has 37 heavy (non-hydrogen) atoms. The molecule has 0 heterocycles. The normalized spacial score (nSPS) is 38.6. The van der Waals surface area contributed by atoms with Gasteiger partial charge in [0.1, 0.15) is 0 Å². The highest BCUT2D eigenvalue weighted by Crippen LogP contribution is 2.66. The molecule has 0 saturated heterocycles. The molecule has 0 radical (unpaired) electrons. The molecule has 4 aliphatic carbocycles. The SMILES string of the molecule is CC.CC(C)CCCCC1C(O)CC2C3CC=C4CC(OCc5ccccc5)CCC4(C)C3CCC12C. The monoisotopic (exact) mass is 508 g/mol. The zero-order chi connectivity index (χ0) is 26.6. The van der Waals surface area contributed by atoms with Crippen LogP contribution in [0.25, 0.3) is 0 Å². The predicted molar refractivity (Wildman–Crippen MR) is 156 cm³/mol. The number of ether oxygens (including phenoxy) is 1. The molecule has 0 bridgehead atoms. The summed E-state index contributed by atoms with van der Waals surface area (Å²) in [6.45, 7) is 14.5. The molecular formula is C35H56O2. The molecule has 8 unspecified atom stereocenters. The van der Waals surface area contributed by atoms with Crippen LogP contribution in [-0.2, 0) is 11.3 Å². The van der Waals surface area contributed by atoms with E-state index in [9.17, 15) is 5.11 Å². The summed E-state index contributed by atoms with van der Waals surface area (Å²) < 4.78 is 6.40. The van der Waals surface area contributed by atoms with E-state index in [0.717, 1.165) is 37.2 Å². The first kappa shape index (κ1) is 28.9. The molecule has 0 spiro atoms. The van der Waals surface area contributed by atoms with Gasteiger partial charge in [0.05, 0.1) is 18.8 Å². The highest BCUT2D eigenvalue weighted by atomic mass is 16.5. The maximum Gasteiger partial charge on any atom is 0.0720 e. The largest absolute Gasteiger partial charge is 0.393 e. The number of aliphatic hydroxyl groups is 1. The first-order valence-electron chi connectivity index (χ1n) is 15.8. The van der Waals surface area contributed by atoms with Gasteiger partial charge >= 0.3 is 0 Å². The van der Waals surface area contributed by atoms with Gasteiger partial charge in [-0.05, 0) is 97.3 Å². The van der Waals surface area contributed by atoms with Crippen LogP contribution in [0.5, 0.6) is 0 Å². The fourth-order valence-corrected chi connectivity index (χ4v) is 9.11. The molecule has 0 aliphatic heterocycles. The van der Waals surface area contributed by atoms with E-state index in [2.05, 4.69) is 64.1 Å². The number of rotatable bonds is 8. The molecule has 1 aromatic rings. The van der Waals surface area contributed by atoms with Crippen molar-refractivity contribution in [3.63, 3.8) is 0 Å². The van der Waals surface area contributed by atoms with Crippen molar-refractivity contribution >= 4 is 0 Å². The Balaban J connectivity index is 0.00000156. The molecule has 3 saturated carbocycles. The molecule has 4 aliphatic rings. The van der Waals surface area contributed by atoms with Gasteiger partial charge in [0, 0.05) is 0 Å². The lowest BCUT2D eigenvalue weighted by Gasteiger charge is -2.58. The molecule has 2 heteroatoms. The van der Waals surface area contributed by atoms with Crippen LogP contribution in [0.15, 0.2) is 42.0 Å². The smallest absolute Gasteiger partial charge is 0.0720 e. The Hall–Kier alpha value is -1.12. The second-order valence-corrected chi connectivity index (χ2v) is 13.6. The van der Waals surface area contributed by atoms with Crippen molar-refractivity contribution in [2.45, 2.75) is 131 Å². The van der Waals surface area contributed by atoms with Crippen LogP contribution in [0.4, 0.5) is 0 Å². The number of aliphatic hydroxyl groups excluding tert-OH is 1. The van der Waals surface area contributed by atoms with Gasteiger partial charge in [-0.2, -0.15) is 0 Å². The van der Waals surface area contributed by atoms with E-state index in [1.807, 2.05) is 13.8 Å². The Bertz CT molecular complexity index is 875. The highest BCUT2D eigenvalue weighted by Gasteiger charge is 2.60. The van der Waals surface area contributed by atoms with E-state index < -0.39 is 0 Å². The van der Waals surface area contributed by atoms with E-state index in [4.69, 9.17) is 4.74 Å². The minimum absolute atomic E-state index is 0.0805. The lowest BCUT2D eigenvalue weighted by molar-refractivity contribution is -0.0624. The lowest BCUT2D eigenvalue weighted by atomic mass is 9.47. The van der Waals surface area contributed by atoms with Gasteiger partial charge in [0.15, 0.2) is 0 Å². The molecule has 0 amide bonds. The fourth-order valence-electron chi connectivity index (χ4n) is 9.11. The fraction of sp³-hybridized carbons (Fsp3) is 0.771. The summed E-state index contributed by atoms with van der Waals surface area (Å²) in [5, 5.41) is 11.2. The number of fused-ring (bicyclic) bond motifs is 5. The first-order valence-corrected chi connectivity index (χ1v) is 15.8. The van der Waals surface area contributed by atoms with Crippen LogP contribution in [0.2, 0.25) is 0 Å². The summed E-state index contributed by atoms with van der Waals surface area (Å²) in [6, 6.07) is 10.6. The summed E-state index contributed by atoms with van der Waals surface area (Å²) in [5.74, 6) is 3.57. The minimum atomic E-state index is -0.0805. The summed E-state index contributed by atoms with van der Waals surface area (Å²) in [7, 11) is 0. The Morgan fingerprint density at radius 2 is 1.76 bits per heavy atom. The number of unbranched alkanes of at least 4 members (excludes halogenated alkanes) is 1. The molecular weight excluding hydrogens is 452 g/mol. The average Bonchev–Trinajstić information content (AvgIpc) is 3.16. The third kappa shape index (κ3) is 5.91. The first-order chi connectivity index (χ1) is 17.8. The Morgan fingerprint density at radius 1 is 1.00 bits per heavy atom. The second kappa shape index (κ2) is 12.4. The molecule has 5 rings (SSSR count). The molecule has 208 valence electrons. The predicted octanol–water partition coefficient (Wildman–Crippen LogP) is 9.36. The summed E-state index contributed by atoms with van der Waals surface area (Å²) in [5.41, 5.74) is 3.66. The zero-order valence-electron chi connectivity index (χ0n) is 24.8. The Morgan fingerprint density at radius 3 is 2.49 bits per heavy atom. The van der Waals surface area contributed by atoms with E-state index in [1.165, 1.54) is 63.4 Å². The van der Waals surface area contributed by atoms with Gasteiger partial charge < -0.3 is 9.84 Å². The standard InChI is InChI=1S/C33H50O2.C2H6/c1-23(2)10-8-9-13-29-31(34)21-30-27-15-14-25-20-26(35-22-24-11-6-5-7-12-24)16-18-32(25,3)28(27)17-19-33(29,30)4;1-2/h5-7,11-12,14,23,26-31,34H,8-10,13,15-22H2,1-4H3;1-2H3. The van der Waals surface area contributed by atoms with Gasteiger partial charge in [-0.15, -0.1) is 0 Å². The third-order valence-electron chi connectivity index (χ3n) is 11.2. The van der Waals surface area contributed by atoms with Crippen LogP contribution >= 0.6 is 0 Å². The van der Waals surface area contributed by atoms with Crippen LogP contribution < -0.4 is 0 Å². The number of allylic oxidation sites excluding steroid dienone is 1. The number of hydrogen-bond donors (Lipinski definition) is 1. The van der Waals surface area contributed by atoms with Crippen molar-refractivity contribution in [3.8, 4) is 0 Å².